The van der Waals surface area contributed by atoms with Crippen LogP contribution >= 0.6 is 23.2 Å². The Labute approximate surface area is 183 Å². The monoisotopic (exact) mass is 438 g/mol. The average Bonchev–Trinajstić information content (AvgIpc) is 2.93. The quantitative estimate of drug-likeness (QED) is 0.391. The summed E-state index contributed by atoms with van der Waals surface area (Å²) in [6.07, 6.45) is 0. The lowest BCUT2D eigenvalue weighted by Gasteiger charge is -2.16. The number of amides is 2. The summed E-state index contributed by atoms with van der Waals surface area (Å²) in [5.41, 5.74) is 3.26. The normalized spacial score (nSPS) is 12.9. The first kappa shape index (κ1) is 20.1. The second-order valence-corrected chi connectivity index (χ2v) is 7.35. The molecule has 150 valence electrons. The van der Waals surface area contributed by atoms with E-state index in [1.165, 1.54) is 0 Å². The van der Waals surface area contributed by atoms with Gasteiger partial charge in [0.25, 0.3) is 0 Å². The zero-order valence-electron chi connectivity index (χ0n) is 15.6. The first-order valence-electron chi connectivity index (χ1n) is 9.04. The second-order valence-electron chi connectivity index (χ2n) is 6.47. The highest BCUT2D eigenvalue weighted by Gasteiger charge is 2.23. The molecule has 3 aromatic carbocycles. The van der Waals surface area contributed by atoms with Gasteiger partial charge in [-0.3, -0.25) is 10.2 Å². The van der Waals surface area contributed by atoms with E-state index in [1.807, 2.05) is 30.3 Å². The third-order valence-corrected chi connectivity index (χ3v) is 4.87. The third-order valence-electron chi connectivity index (χ3n) is 4.40. The van der Waals surface area contributed by atoms with Gasteiger partial charge in [-0.2, -0.15) is 5.06 Å². The minimum atomic E-state index is -0.773. The van der Waals surface area contributed by atoms with Gasteiger partial charge in [0.15, 0.2) is 5.84 Å². The van der Waals surface area contributed by atoms with Crippen molar-refractivity contribution in [2.75, 3.05) is 11.9 Å². The smallest absolute Gasteiger partial charge is 0.306 e. The van der Waals surface area contributed by atoms with Gasteiger partial charge in [0.05, 0.1) is 11.4 Å². The maximum absolute atomic E-state index is 12.5. The number of nitrogens with zero attached hydrogens (tertiary/aromatic N) is 3. The van der Waals surface area contributed by atoms with E-state index in [2.05, 4.69) is 15.3 Å². The molecule has 0 aliphatic carbocycles. The Morgan fingerprint density at radius 2 is 1.73 bits per heavy atom. The number of hydrogen-bond acceptors (Lipinski definition) is 4. The van der Waals surface area contributed by atoms with Crippen molar-refractivity contribution in [3.8, 4) is 0 Å². The molecule has 0 saturated heterocycles. The molecule has 8 heteroatoms. The molecule has 1 aliphatic rings. The van der Waals surface area contributed by atoms with Crippen LogP contribution in [0.3, 0.4) is 0 Å². The Balaban J connectivity index is 1.67. The van der Waals surface area contributed by atoms with E-state index in [0.29, 0.717) is 37.8 Å². The minimum Gasteiger partial charge on any atom is -0.306 e. The van der Waals surface area contributed by atoms with Crippen molar-refractivity contribution in [1.82, 2.24) is 5.06 Å². The number of carbonyl (C=O) groups is 1. The molecular formula is C22H16Cl2N4O2. The third kappa shape index (κ3) is 4.36. The molecule has 30 heavy (non-hydrogen) atoms. The Hall–Kier alpha value is -3.19. The maximum Gasteiger partial charge on any atom is 0.351 e. The van der Waals surface area contributed by atoms with Crippen LogP contribution in [0.25, 0.3) is 0 Å². The van der Waals surface area contributed by atoms with Crippen LogP contribution in [0.4, 0.5) is 16.2 Å². The predicted octanol–water partition coefficient (Wildman–Crippen LogP) is 5.80. The summed E-state index contributed by atoms with van der Waals surface area (Å²) >= 11 is 12.1. The summed E-state index contributed by atoms with van der Waals surface area (Å²) in [6.45, 7) is -0.00398. The fourth-order valence-corrected chi connectivity index (χ4v) is 3.38. The lowest BCUT2D eigenvalue weighted by atomic mass is 10.0. The molecule has 0 spiro atoms. The van der Waals surface area contributed by atoms with Crippen LogP contribution in [-0.2, 0) is 0 Å². The van der Waals surface area contributed by atoms with Crippen molar-refractivity contribution < 1.29 is 10.0 Å². The Bertz CT molecular complexity index is 1160. The van der Waals surface area contributed by atoms with Crippen molar-refractivity contribution in [1.29, 1.82) is 0 Å². The van der Waals surface area contributed by atoms with E-state index < -0.39 is 6.03 Å². The van der Waals surface area contributed by atoms with Gasteiger partial charge in [0, 0.05) is 26.9 Å². The lowest BCUT2D eigenvalue weighted by molar-refractivity contribution is 0.0321. The summed E-state index contributed by atoms with van der Waals surface area (Å²) in [5, 5.41) is 14.5. The van der Waals surface area contributed by atoms with Crippen molar-refractivity contribution in [3.05, 3.63) is 94.0 Å². The summed E-state index contributed by atoms with van der Waals surface area (Å²) in [5.74, 6) is 0.0732. The van der Waals surface area contributed by atoms with Crippen LogP contribution in [0, 0.1) is 0 Å². The molecule has 0 bridgehead atoms. The van der Waals surface area contributed by atoms with Gasteiger partial charge < -0.3 is 5.32 Å². The molecule has 0 atom stereocenters. The van der Waals surface area contributed by atoms with E-state index in [4.69, 9.17) is 23.2 Å². The second kappa shape index (κ2) is 8.67. The molecule has 1 heterocycles. The molecule has 0 fully saturated rings. The SMILES string of the molecule is O=C(Nc1cccc(Cl)c1)N(O)C1=Nc2ccc(Cl)cc2C(c2ccccc2)=NC1. The van der Waals surface area contributed by atoms with Crippen LogP contribution in [0.2, 0.25) is 10.0 Å². The number of anilines is 1. The number of hydrogen-bond donors (Lipinski definition) is 2. The fraction of sp³-hybridized carbons (Fsp3) is 0.0455. The maximum atomic E-state index is 12.5. The zero-order valence-corrected chi connectivity index (χ0v) is 17.1. The summed E-state index contributed by atoms with van der Waals surface area (Å²) < 4.78 is 0. The molecule has 1 aliphatic heterocycles. The van der Waals surface area contributed by atoms with Crippen LogP contribution < -0.4 is 5.32 Å². The number of carbonyl (C=O) groups excluding carboxylic acids is 1. The van der Waals surface area contributed by atoms with Crippen LogP contribution in [-0.4, -0.2) is 34.4 Å². The first-order valence-corrected chi connectivity index (χ1v) is 9.80. The van der Waals surface area contributed by atoms with Gasteiger partial charge in [0.1, 0.15) is 6.54 Å². The van der Waals surface area contributed by atoms with Gasteiger partial charge in [0.2, 0.25) is 0 Å². The molecule has 2 amide bonds. The van der Waals surface area contributed by atoms with Gasteiger partial charge >= 0.3 is 6.03 Å². The molecule has 3 aromatic rings. The average molecular weight is 439 g/mol. The Kier molecular flexibility index (Phi) is 5.81. The van der Waals surface area contributed by atoms with Crippen molar-refractivity contribution >= 4 is 52.2 Å². The lowest BCUT2D eigenvalue weighted by Crippen LogP contribution is -2.38. The molecule has 0 radical (unpaired) electrons. The Morgan fingerprint density at radius 3 is 2.50 bits per heavy atom. The Morgan fingerprint density at radius 1 is 0.967 bits per heavy atom. The zero-order chi connectivity index (χ0) is 21.1. The summed E-state index contributed by atoms with van der Waals surface area (Å²) in [7, 11) is 0. The number of halogens is 2. The van der Waals surface area contributed by atoms with Gasteiger partial charge in [-0.05, 0) is 36.4 Å². The fourth-order valence-electron chi connectivity index (χ4n) is 3.02. The standard InChI is InChI=1S/C22H16Cl2N4O2/c23-15-7-4-8-17(11-15)26-22(29)28(30)20-13-25-21(14-5-2-1-3-6-14)18-12-16(24)9-10-19(18)27-20/h1-12,30H,13H2,(H,26,29). The molecule has 0 saturated carbocycles. The number of urea groups is 1. The van der Waals surface area contributed by atoms with Crippen LogP contribution in [0.1, 0.15) is 11.1 Å². The highest BCUT2D eigenvalue weighted by molar-refractivity contribution is 6.32. The van der Waals surface area contributed by atoms with E-state index in [9.17, 15) is 10.0 Å². The summed E-state index contributed by atoms with van der Waals surface area (Å²) in [6, 6.07) is 20.6. The van der Waals surface area contributed by atoms with Crippen LogP contribution in [0.5, 0.6) is 0 Å². The van der Waals surface area contributed by atoms with Crippen molar-refractivity contribution in [2.45, 2.75) is 0 Å². The highest BCUT2D eigenvalue weighted by Crippen LogP contribution is 2.29. The van der Waals surface area contributed by atoms with E-state index in [-0.39, 0.29) is 12.4 Å². The first-order chi connectivity index (χ1) is 14.5. The van der Waals surface area contributed by atoms with Gasteiger partial charge in [-0.25, -0.2) is 9.79 Å². The molecule has 0 unspecified atom stereocenters. The number of fused-ring (bicyclic) bond motifs is 1. The van der Waals surface area contributed by atoms with Gasteiger partial charge in [-0.15, -0.1) is 0 Å². The number of hydroxylamine groups is 2. The largest absolute Gasteiger partial charge is 0.351 e. The molecule has 4 rings (SSSR count). The van der Waals surface area contributed by atoms with Crippen molar-refractivity contribution in [3.63, 3.8) is 0 Å². The number of rotatable bonds is 2. The van der Waals surface area contributed by atoms with Crippen LogP contribution in [0.15, 0.2) is 82.8 Å². The van der Waals surface area contributed by atoms with Crippen molar-refractivity contribution in [2.24, 2.45) is 9.98 Å². The van der Waals surface area contributed by atoms with Gasteiger partial charge in [-0.1, -0.05) is 59.6 Å². The molecule has 6 nitrogen and oxygen atoms in total. The predicted molar refractivity (Wildman–Crippen MR) is 120 cm³/mol. The summed E-state index contributed by atoms with van der Waals surface area (Å²) in [4.78, 5) is 21.6. The highest BCUT2D eigenvalue weighted by atomic mass is 35.5. The van der Waals surface area contributed by atoms with E-state index >= 15 is 0 Å². The topological polar surface area (TPSA) is 77.3 Å². The number of benzene rings is 3. The van der Waals surface area contributed by atoms with E-state index in [1.54, 1.807) is 42.5 Å². The molecular weight excluding hydrogens is 423 g/mol. The minimum absolute atomic E-state index is 0.00398. The number of aliphatic imine (C=N–C) groups is 2. The number of amidine groups is 1. The molecule has 2 N–H and O–H groups in total. The van der Waals surface area contributed by atoms with E-state index in [0.717, 1.165) is 5.56 Å². The number of nitrogens with one attached hydrogen (secondary N) is 1. The molecule has 0 aromatic heterocycles.